The second-order valence-electron chi connectivity index (χ2n) is 6.22. The summed E-state index contributed by atoms with van der Waals surface area (Å²) >= 11 is 0. The number of benzene rings is 1. The Bertz CT molecular complexity index is 505. The minimum absolute atomic E-state index is 0.0203. The highest BCUT2D eigenvalue weighted by atomic mass is 16.2. The van der Waals surface area contributed by atoms with Gasteiger partial charge in [0.1, 0.15) is 0 Å². The predicted molar refractivity (Wildman–Crippen MR) is 79.3 cm³/mol. The summed E-state index contributed by atoms with van der Waals surface area (Å²) < 4.78 is 0. The summed E-state index contributed by atoms with van der Waals surface area (Å²) in [5.41, 5.74) is 9.04. The molecule has 0 bridgehead atoms. The lowest BCUT2D eigenvalue weighted by Gasteiger charge is -2.20. The van der Waals surface area contributed by atoms with E-state index in [9.17, 15) is 4.79 Å². The van der Waals surface area contributed by atoms with Crippen molar-refractivity contribution in [3.63, 3.8) is 0 Å². The molecule has 1 aliphatic rings. The Labute approximate surface area is 115 Å². The summed E-state index contributed by atoms with van der Waals surface area (Å²) in [6, 6.07) is 6.24. The predicted octanol–water partition coefficient (Wildman–Crippen LogP) is 2.99. The van der Waals surface area contributed by atoms with E-state index in [4.69, 9.17) is 5.73 Å². The Hall–Kier alpha value is -1.35. The first-order chi connectivity index (χ1) is 8.80. The van der Waals surface area contributed by atoms with Crippen molar-refractivity contribution in [1.82, 2.24) is 0 Å². The fourth-order valence-corrected chi connectivity index (χ4v) is 2.76. The van der Waals surface area contributed by atoms with Crippen LogP contribution in [0.25, 0.3) is 0 Å². The number of amides is 1. The molecule has 1 amide bonds. The normalized spacial score (nSPS) is 18.9. The van der Waals surface area contributed by atoms with Crippen molar-refractivity contribution in [2.45, 2.75) is 46.1 Å². The Balaban J connectivity index is 2.52. The molecule has 0 saturated carbocycles. The van der Waals surface area contributed by atoms with Crippen LogP contribution in [-0.2, 0) is 10.2 Å². The largest absolute Gasteiger partial charge is 0.324 e. The minimum atomic E-state index is -0.446. The van der Waals surface area contributed by atoms with E-state index in [-0.39, 0.29) is 11.9 Å². The third kappa shape index (κ3) is 2.06. The molecule has 0 saturated heterocycles. The first-order valence-electron chi connectivity index (χ1n) is 7.02. The van der Waals surface area contributed by atoms with Gasteiger partial charge in [0.15, 0.2) is 0 Å². The zero-order valence-electron chi connectivity index (χ0n) is 12.5. The smallest absolute Gasteiger partial charge is 0.237 e. The maximum Gasteiger partial charge on any atom is 0.237 e. The van der Waals surface area contributed by atoms with Gasteiger partial charge in [-0.3, -0.25) is 4.79 Å². The van der Waals surface area contributed by atoms with Crippen molar-refractivity contribution < 1.29 is 4.79 Å². The molecular weight excluding hydrogens is 236 g/mol. The molecule has 1 aromatic rings. The molecule has 2 N–H and O–H groups in total. The highest BCUT2D eigenvalue weighted by Crippen LogP contribution is 2.42. The SMILES string of the molecule is CCN1C(=O)C(C)(C)c2cc(C(N)C(C)C)ccc21. The highest BCUT2D eigenvalue weighted by Gasteiger charge is 2.43. The molecule has 1 unspecified atom stereocenters. The lowest BCUT2D eigenvalue weighted by atomic mass is 9.84. The first-order valence-corrected chi connectivity index (χ1v) is 7.02. The lowest BCUT2D eigenvalue weighted by molar-refractivity contribution is -0.122. The number of likely N-dealkylation sites (N-methyl/N-ethyl adjacent to an activating group) is 1. The average Bonchev–Trinajstić information content (AvgIpc) is 2.56. The molecule has 0 aliphatic carbocycles. The number of fused-ring (bicyclic) bond motifs is 1. The number of anilines is 1. The van der Waals surface area contributed by atoms with Crippen molar-refractivity contribution in [1.29, 1.82) is 0 Å². The van der Waals surface area contributed by atoms with E-state index in [2.05, 4.69) is 26.0 Å². The molecule has 104 valence electrons. The van der Waals surface area contributed by atoms with Crippen LogP contribution in [0.5, 0.6) is 0 Å². The van der Waals surface area contributed by atoms with E-state index in [1.54, 1.807) is 0 Å². The maximum absolute atomic E-state index is 12.4. The Kier molecular flexibility index (Phi) is 3.43. The van der Waals surface area contributed by atoms with Gasteiger partial charge >= 0.3 is 0 Å². The van der Waals surface area contributed by atoms with Crippen LogP contribution in [0.1, 0.15) is 51.8 Å². The van der Waals surface area contributed by atoms with Gasteiger partial charge in [-0.05, 0) is 43.9 Å². The van der Waals surface area contributed by atoms with Crippen LogP contribution in [0.3, 0.4) is 0 Å². The van der Waals surface area contributed by atoms with Gasteiger partial charge in [-0.25, -0.2) is 0 Å². The summed E-state index contributed by atoms with van der Waals surface area (Å²) in [5.74, 6) is 0.570. The summed E-state index contributed by atoms with van der Waals surface area (Å²) in [6.45, 7) is 10.9. The van der Waals surface area contributed by atoms with Crippen LogP contribution in [0.15, 0.2) is 18.2 Å². The molecule has 1 atom stereocenters. The number of hydrogen-bond acceptors (Lipinski definition) is 2. The summed E-state index contributed by atoms with van der Waals surface area (Å²) in [5, 5.41) is 0. The van der Waals surface area contributed by atoms with Crippen molar-refractivity contribution in [3.05, 3.63) is 29.3 Å². The third-order valence-corrected chi connectivity index (χ3v) is 4.18. The quantitative estimate of drug-likeness (QED) is 0.908. The topological polar surface area (TPSA) is 46.3 Å². The van der Waals surface area contributed by atoms with Crippen molar-refractivity contribution in [2.24, 2.45) is 11.7 Å². The van der Waals surface area contributed by atoms with E-state index in [1.165, 1.54) is 0 Å². The van der Waals surface area contributed by atoms with Gasteiger partial charge < -0.3 is 10.6 Å². The van der Waals surface area contributed by atoms with Gasteiger partial charge in [0, 0.05) is 18.3 Å². The molecule has 0 radical (unpaired) electrons. The molecule has 1 aromatic carbocycles. The number of hydrogen-bond donors (Lipinski definition) is 1. The molecule has 1 aliphatic heterocycles. The standard InChI is InChI=1S/C16H24N2O/c1-6-18-13-8-7-11(14(17)10(2)3)9-12(13)16(4,5)15(18)19/h7-10,14H,6,17H2,1-5H3. The van der Waals surface area contributed by atoms with Crippen LogP contribution in [-0.4, -0.2) is 12.5 Å². The van der Waals surface area contributed by atoms with Crippen LogP contribution >= 0.6 is 0 Å². The zero-order valence-corrected chi connectivity index (χ0v) is 12.5. The molecule has 2 rings (SSSR count). The van der Waals surface area contributed by atoms with Gasteiger partial charge in [0.05, 0.1) is 5.41 Å². The van der Waals surface area contributed by atoms with Gasteiger partial charge in [0.2, 0.25) is 5.91 Å². The first kappa shape index (κ1) is 14.1. The van der Waals surface area contributed by atoms with Gasteiger partial charge in [-0.15, -0.1) is 0 Å². The highest BCUT2D eigenvalue weighted by molar-refractivity contribution is 6.07. The molecule has 3 heteroatoms. The van der Waals surface area contributed by atoms with Crippen LogP contribution in [0.4, 0.5) is 5.69 Å². The second-order valence-corrected chi connectivity index (χ2v) is 6.22. The number of carbonyl (C=O) groups is 1. The lowest BCUT2D eigenvalue weighted by Crippen LogP contribution is -2.35. The minimum Gasteiger partial charge on any atom is -0.324 e. The van der Waals surface area contributed by atoms with Gasteiger partial charge in [-0.2, -0.15) is 0 Å². The van der Waals surface area contributed by atoms with Crippen molar-refractivity contribution >= 4 is 11.6 Å². The molecule has 0 spiro atoms. The Morgan fingerprint density at radius 1 is 1.32 bits per heavy atom. The second kappa shape index (κ2) is 4.64. The molecule has 0 aromatic heterocycles. The number of nitrogens with two attached hydrogens (primary N) is 1. The van der Waals surface area contributed by atoms with E-state index in [0.29, 0.717) is 12.5 Å². The monoisotopic (exact) mass is 260 g/mol. The van der Waals surface area contributed by atoms with Crippen LogP contribution in [0.2, 0.25) is 0 Å². The average molecular weight is 260 g/mol. The maximum atomic E-state index is 12.4. The Morgan fingerprint density at radius 3 is 2.47 bits per heavy atom. The zero-order chi connectivity index (χ0) is 14.4. The number of rotatable bonds is 3. The van der Waals surface area contributed by atoms with E-state index >= 15 is 0 Å². The summed E-state index contributed by atoms with van der Waals surface area (Å²) in [4.78, 5) is 14.3. The molecule has 0 fully saturated rings. The third-order valence-electron chi connectivity index (χ3n) is 4.18. The molecule has 1 heterocycles. The molecule has 3 nitrogen and oxygen atoms in total. The fourth-order valence-electron chi connectivity index (χ4n) is 2.76. The van der Waals surface area contributed by atoms with Crippen molar-refractivity contribution in [3.8, 4) is 0 Å². The van der Waals surface area contributed by atoms with Gasteiger partial charge in [0.25, 0.3) is 0 Å². The molecule has 19 heavy (non-hydrogen) atoms. The van der Waals surface area contributed by atoms with Gasteiger partial charge in [-0.1, -0.05) is 26.0 Å². The van der Waals surface area contributed by atoms with E-state index < -0.39 is 5.41 Å². The number of carbonyl (C=O) groups excluding carboxylic acids is 1. The summed E-state index contributed by atoms with van der Waals surface area (Å²) in [7, 11) is 0. The molecular formula is C16H24N2O. The van der Waals surface area contributed by atoms with Crippen LogP contribution in [0, 0.1) is 5.92 Å². The fraction of sp³-hybridized carbons (Fsp3) is 0.562. The van der Waals surface area contributed by atoms with Crippen molar-refractivity contribution in [2.75, 3.05) is 11.4 Å². The van der Waals surface area contributed by atoms with E-state index in [1.807, 2.05) is 31.7 Å². The van der Waals surface area contributed by atoms with Crippen LogP contribution < -0.4 is 10.6 Å². The Morgan fingerprint density at radius 2 is 1.95 bits per heavy atom. The number of nitrogens with zero attached hydrogens (tertiary/aromatic N) is 1. The van der Waals surface area contributed by atoms with E-state index in [0.717, 1.165) is 16.8 Å². The summed E-state index contributed by atoms with van der Waals surface area (Å²) in [6.07, 6.45) is 0.